The molecular formula is C11H18S4Te3. The van der Waals surface area contributed by atoms with Gasteiger partial charge in [-0.25, -0.2) is 0 Å². The van der Waals surface area contributed by atoms with Crippen molar-refractivity contribution >= 4 is 110 Å². The molecule has 0 amide bonds. The summed E-state index contributed by atoms with van der Waals surface area (Å²) in [5.74, 6) is 9.08. The number of thioether (sulfide) groups is 4. The van der Waals surface area contributed by atoms with Gasteiger partial charge in [0.2, 0.25) is 0 Å². The van der Waals surface area contributed by atoms with Gasteiger partial charge in [-0.2, -0.15) is 0 Å². The summed E-state index contributed by atoms with van der Waals surface area (Å²) in [7, 11) is 0. The van der Waals surface area contributed by atoms with Crippen molar-refractivity contribution in [1.29, 1.82) is 0 Å². The average Bonchev–Trinajstić information content (AvgIpc) is 3.25. The Labute approximate surface area is 158 Å². The van der Waals surface area contributed by atoms with E-state index in [0.717, 1.165) is 10.5 Å². The van der Waals surface area contributed by atoms with Crippen molar-refractivity contribution < 1.29 is 0 Å². The molecule has 3 heterocycles. The first-order valence-electron chi connectivity index (χ1n) is 6.17. The van der Waals surface area contributed by atoms with E-state index in [2.05, 4.69) is 47.0 Å². The summed E-state index contributed by atoms with van der Waals surface area (Å²) >= 11 is 10.4. The minimum atomic E-state index is 0.431. The van der Waals surface area contributed by atoms with Crippen LogP contribution in [0.1, 0.15) is 0 Å². The van der Waals surface area contributed by atoms with E-state index in [1.54, 1.807) is 14.0 Å². The molecule has 4 atom stereocenters. The molecule has 18 heavy (non-hydrogen) atoms. The van der Waals surface area contributed by atoms with Gasteiger partial charge in [-0.3, -0.25) is 0 Å². The summed E-state index contributed by atoms with van der Waals surface area (Å²) in [6, 6.07) is 0. The molecule has 3 fully saturated rings. The van der Waals surface area contributed by atoms with Crippen LogP contribution in [0, 0.1) is 0 Å². The summed E-state index contributed by atoms with van der Waals surface area (Å²) < 4.78 is 4.48. The van der Waals surface area contributed by atoms with Crippen LogP contribution in [0.25, 0.3) is 0 Å². The fourth-order valence-electron chi connectivity index (χ4n) is 1.53. The second kappa shape index (κ2) is 9.16. The Balaban J connectivity index is 1.26. The van der Waals surface area contributed by atoms with Gasteiger partial charge in [-0.05, 0) is 0 Å². The predicted molar refractivity (Wildman–Crippen MR) is 96.7 cm³/mol. The van der Waals surface area contributed by atoms with Gasteiger partial charge in [0.1, 0.15) is 0 Å². The molecule has 0 aromatic rings. The van der Waals surface area contributed by atoms with Crippen molar-refractivity contribution in [1.82, 2.24) is 0 Å². The Kier molecular flexibility index (Phi) is 8.46. The molecular weight excluding hydrogens is 643 g/mol. The Bertz CT molecular complexity index is 237. The molecule has 0 aliphatic carbocycles. The maximum absolute atomic E-state index is 2.32. The van der Waals surface area contributed by atoms with Crippen LogP contribution in [-0.2, 0) is 0 Å². The van der Waals surface area contributed by atoms with E-state index in [0.29, 0.717) is 62.8 Å². The van der Waals surface area contributed by atoms with Gasteiger partial charge < -0.3 is 0 Å². The first-order valence-corrected chi connectivity index (χ1v) is 19.3. The zero-order valence-corrected chi connectivity index (χ0v) is 20.4. The molecule has 0 spiro atoms. The summed E-state index contributed by atoms with van der Waals surface area (Å²) in [6.07, 6.45) is 0. The molecule has 0 N–H and O–H groups in total. The van der Waals surface area contributed by atoms with Crippen molar-refractivity contribution in [3.05, 3.63) is 0 Å². The Morgan fingerprint density at radius 1 is 0.833 bits per heavy atom. The molecule has 0 saturated carbocycles. The topological polar surface area (TPSA) is 0 Å². The molecule has 0 nitrogen and oxygen atoms in total. The van der Waals surface area contributed by atoms with E-state index in [1.165, 1.54) is 27.0 Å². The maximum atomic E-state index is 2.32. The number of hydrogen-bond donors (Lipinski definition) is 0. The summed E-state index contributed by atoms with van der Waals surface area (Å²) in [5, 5.41) is 2.13. The van der Waals surface area contributed by atoms with E-state index in [4.69, 9.17) is 0 Å². The predicted octanol–water partition coefficient (Wildman–Crippen LogP) is 2.68. The molecule has 0 bridgehead atoms. The van der Waals surface area contributed by atoms with Crippen molar-refractivity contribution in [2.75, 3.05) is 34.5 Å². The fraction of sp³-hybridized carbons (Fsp3) is 1.00. The zero-order chi connectivity index (χ0) is 12.2. The van der Waals surface area contributed by atoms with E-state index >= 15 is 0 Å². The van der Waals surface area contributed by atoms with E-state index in [9.17, 15) is 0 Å². The summed E-state index contributed by atoms with van der Waals surface area (Å²) in [4.78, 5) is 0. The van der Waals surface area contributed by atoms with Crippen LogP contribution in [0.5, 0.6) is 0 Å². The molecule has 0 aromatic heterocycles. The van der Waals surface area contributed by atoms with Crippen LogP contribution in [0.3, 0.4) is 0 Å². The Morgan fingerprint density at radius 3 is 1.78 bits per heavy atom. The number of rotatable bonds is 8. The van der Waals surface area contributed by atoms with Crippen LogP contribution in [0.4, 0.5) is 0 Å². The SMILES string of the molecule is C1[Te]C(CSCC2CS2)[Te]C(CSCC2CS2)[Te]1. The first kappa shape index (κ1) is 16.6. The van der Waals surface area contributed by atoms with Crippen molar-refractivity contribution in [3.8, 4) is 0 Å². The fourth-order valence-corrected chi connectivity index (χ4v) is 48.5. The Morgan fingerprint density at radius 2 is 1.33 bits per heavy atom. The standard InChI is InChI=1S/C11H18S4Te3/c1(8-3-14-8)12-5-10-16-7-17-11(18-10)6-13-2-9-4-15-9/h8-11H,1-7H2. The van der Waals surface area contributed by atoms with Gasteiger partial charge in [-0.15, -0.1) is 0 Å². The molecule has 7 heteroatoms. The van der Waals surface area contributed by atoms with Crippen molar-refractivity contribution in [3.63, 3.8) is 0 Å². The third-order valence-electron chi connectivity index (χ3n) is 2.73. The average molecular weight is 661 g/mol. The first-order chi connectivity index (χ1) is 8.90. The third-order valence-corrected chi connectivity index (χ3v) is 31.4. The van der Waals surface area contributed by atoms with E-state index < -0.39 is 0 Å². The number of hydrogen-bond acceptors (Lipinski definition) is 4. The Hall–Kier alpha value is 3.77. The van der Waals surface area contributed by atoms with Gasteiger partial charge in [0.25, 0.3) is 0 Å². The van der Waals surface area contributed by atoms with Crippen molar-refractivity contribution in [2.24, 2.45) is 0 Å². The van der Waals surface area contributed by atoms with Gasteiger partial charge in [0.05, 0.1) is 0 Å². The molecule has 3 saturated heterocycles. The van der Waals surface area contributed by atoms with Crippen molar-refractivity contribution in [2.45, 2.75) is 17.0 Å². The monoisotopic (exact) mass is 668 g/mol. The minimum absolute atomic E-state index is 0.431. The quantitative estimate of drug-likeness (QED) is 0.290. The zero-order valence-electron chi connectivity index (χ0n) is 10.1. The van der Waals surface area contributed by atoms with Gasteiger partial charge >= 0.3 is 161 Å². The molecule has 4 unspecified atom stereocenters. The second-order valence-electron chi connectivity index (χ2n) is 4.43. The molecule has 104 valence electrons. The second-order valence-corrected chi connectivity index (χ2v) is 29.4. The van der Waals surface area contributed by atoms with Crippen LogP contribution in [0.2, 0.25) is 6.54 Å². The van der Waals surface area contributed by atoms with Crippen LogP contribution in [-0.4, -0.2) is 108 Å². The van der Waals surface area contributed by atoms with Crippen LogP contribution < -0.4 is 0 Å². The van der Waals surface area contributed by atoms with Gasteiger partial charge in [-0.1, -0.05) is 0 Å². The third kappa shape index (κ3) is 6.90. The van der Waals surface area contributed by atoms with Gasteiger partial charge in [0, 0.05) is 0 Å². The molecule has 3 rings (SSSR count). The van der Waals surface area contributed by atoms with Crippen LogP contribution in [0.15, 0.2) is 0 Å². The summed E-state index contributed by atoms with van der Waals surface area (Å²) in [6.45, 7) is 0. The molecule has 3 aliphatic rings. The van der Waals surface area contributed by atoms with Gasteiger partial charge in [0.15, 0.2) is 0 Å². The normalized spacial score (nSPS) is 38.7. The van der Waals surface area contributed by atoms with Crippen LogP contribution >= 0.6 is 47.0 Å². The molecule has 0 radical (unpaired) electrons. The molecule has 0 aromatic carbocycles. The molecule has 3 aliphatic heterocycles. The van der Waals surface area contributed by atoms with E-state index in [1.807, 2.05) is 0 Å². The summed E-state index contributed by atoms with van der Waals surface area (Å²) in [5.41, 5.74) is 0. The van der Waals surface area contributed by atoms with E-state index in [-0.39, 0.29) is 0 Å².